The number of aryl methyl sites for hydroxylation is 1. The van der Waals surface area contributed by atoms with E-state index in [2.05, 4.69) is 21.5 Å². The van der Waals surface area contributed by atoms with Crippen molar-refractivity contribution < 1.29 is 17.9 Å². The number of aromatic nitrogens is 3. The van der Waals surface area contributed by atoms with Gasteiger partial charge in [0.05, 0.1) is 27.8 Å². The van der Waals surface area contributed by atoms with Crippen LogP contribution in [0.25, 0.3) is 5.82 Å². The normalized spacial score (nSPS) is 16.0. The second kappa shape index (κ2) is 8.91. The first-order chi connectivity index (χ1) is 16.8. The summed E-state index contributed by atoms with van der Waals surface area (Å²) in [6.07, 6.45) is 6.43. The molecule has 0 spiro atoms. The molecule has 1 aliphatic carbocycles. The highest BCUT2D eigenvalue weighted by atomic mass is 32.2. The van der Waals surface area contributed by atoms with Crippen LogP contribution in [-0.2, 0) is 27.7 Å². The molecule has 1 aliphatic heterocycles. The number of sulfone groups is 1. The molecular formula is C25H25N5O4S. The van der Waals surface area contributed by atoms with Crippen LogP contribution in [0.1, 0.15) is 61.8 Å². The molecular weight excluding hydrogens is 466 g/mol. The minimum absolute atomic E-state index is 0.180. The quantitative estimate of drug-likeness (QED) is 0.477. The van der Waals surface area contributed by atoms with Crippen molar-refractivity contribution in [3.8, 4) is 11.9 Å². The van der Waals surface area contributed by atoms with Crippen LogP contribution < -0.4 is 5.32 Å². The van der Waals surface area contributed by atoms with Crippen LogP contribution in [0.15, 0.2) is 36.8 Å². The van der Waals surface area contributed by atoms with Crippen molar-refractivity contribution in [2.75, 3.05) is 6.54 Å². The molecule has 2 aliphatic rings. The molecule has 1 saturated carbocycles. The Morgan fingerprint density at radius 3 is 2.80 bits per heavy atom. The summed E-state index contributed by atoms with van der Waals surface area (Å²) in [5, 5.41) is 15.7. The van der Waals surface area contributed by atoms with E-state index in [4.69, 9.17) is 10.00 Å². The van der Waals surface area contributed by atoms with Crippen molar-refractivity contribution >= 4 is 15.8 Å². The molecule has 0 saturated heterocycles. The van der Waals surface area contributed by atoms with Gasteiger partial charge in [0.2, 0.25) is 0 Å². The Kier molecular flexibility index (Phi) is 5.91. The number of carbonyl (C=O) groups is 1. The molecule has 2 aromatic heterocycles. The number of nitrogens with zero attached hydrogens (tertiary/aromatic N) is 4. The Morgan fingerprint density at radius 2 is 2.09 bits per heavy atom. The van der Waals surface area contributed by atoms with E-state index in [9.17, 15) is 13.2 Å². The number of nitriles is 1. The van der Waals surface area contributed by atoms with Crippen LogP contribution in [-0.4, -0.2) is 40.9 Å². The number of cyclic esters (lactones) is 1. The van der Waals surface area contributed by atoms with Crippen molar-refractivity contribution in [2.45, 2.75) is 50.3 Å². The fraction of sp³-hybridized carbons (Fsp3) is 0.360. The van der Waals surface area contributed by atoms with Crippen LogP contribution in [0.2, 0.25) is 0 Å². The van der Waals surface area contributed by atoms with Gasteiger partial charge in [-0.15, -0.1) is 0 Å². The van der Waals surface area contributed by atoms with Gasteiger partial charge in [0, 0.05) is 36.6 Å². The minimum atomic E-state index is -3.38. The molecule has 180 valence electrons. The van der Waals surface area contributed by atoms with E-state index in [-0.39, 0.29) is 24.4 Å². The van der Waals surface area contributed by atoms with Crippen LogP contribution in [0.4, 0.5) is 0 Å². The monoisotopic (exact) mass is 491 g/mol. The first-order valence-corrected chi connectivity index (χ1v) is 13.0. The molecule has 0 radical (unpaired) electrons. The van der Waals surface area contributed by atoms with E-state index in [0.717, 1.165) is 27.8 Å². The SMILES string of the molecule is Cc1cc(-n2cc(CNC[C@@H](c3ccc4c(c3C)COC4=O)S(=O)(=O)C3CC3)cn2)ncc1C#N. The van der Waals surface area contributed by atoms with Gasteiger partial charge in [-0.1, -0.05) is 6.07 Å². The maximum Gasteiger partial charge on any atom is 0.338 e. The third-order valence-corrected chi connectivity index (χ3v) is 9.30. The minimum Gasteiger partial charge on any atom is -0.457 e. The van der Waals surface area contributed by atoms with Crippen molar-refractivity contribution in [3.05, 3.63) is 75.7 Å². The average Bonchev–Trinajstić information content (AvgIpc) is 3.49. The lowest BCUT2D eigenvalue weighted by atomic mass is 9.96. The van der Waals surface area contributed by atoms with E-state index < -0.39 is 15.1 Å². The largest absolute Gasteiger partial charge is 0.457 e. The van der Waals surface area contributed by atoms with Crippen molar-refractivity contribution in [1.29, 1.82) is 5.26 Å². The molecule has 0 amide bonds. The van der Waals surface area contributed by atoms with Gasteiger partial charge in [-0.25, -0.2) is 22.9 Å². The highest BCUT2D eigenvalue weighted by Gasteiger charge is 2.42. The Bertz CT molecular complexity index is 1470. The smallest absolute Gasteiger partial charge is 0.338 e. The lowest BCUT2D eigenvalue weighted by molar-refractivity contribution is 0.0535. The molecule has 5 rings (SSSR count). The molecule has 0 unspecified atom stereocenters. The number of benzene rings is 1. The molecule has 1 aromatic carbocycles. The summed E-state index contributed by atoms with van der Waals surface area (Å²) in [5.74, 6) is 0.241. The van der Waals surface area contributed by atoms with E-state index in [1.54, 1.807) is 29.1 Å². The van der Waals surface area contributed by atoms with Gasteiger partial charge in [-0.3, -0.25) is 0 Å². The highest BCUT2D eigenvalue weighted by molar-refractivity contribution is 7.92. The molecule has 3 heterocycles. The van der Waals surface area contributed by atoms with Gasteiger partial charge in [0.1, 0.15) is 12.7 Å². The number of hydrogen-bond donors (Lipinski definition) is 1. The van der Waals surface area contributed by atoms with Gasteiger partial charge in [0.15, 0.2) is 15.7 Å². The van der Waals surface area contributed by atoms with E-state index >= 15 is 0 Å². The Labute approximate surface area is 203 Å². The van der Waals surface area contributed by atoms with E-state index in [1.165, 1.54) is 6.20 Å². The topological polar surface area (TPSA) is 127 Å². The fourth-order valence-corrected chi connectivity index (χ4v) is 6.67. The summed E-state index contributed by atoms with van der Waals surface area (Å²) in [6, 6.07) is 7.33. The first-order valence-electron chi connectivity index (χ1n) is 11.4. The predicted molar refractivity (Wildman–Crippen MR) is 127 cm³/mol. The number of pyridine rings is 1. The highest BCUT2D eigenvalue weighted by Crippen LogP contribution is 2.40. The summed E-state index contributed by atoms with van der Waals surface area (Å²) >= 11 is 0. The van der Waals surface area contributed by atoms with Crippen LogP contribution in [0.3, 0.4) is 0 Å². The maximum atomic E-state index is 13.3. The zero-order valence-electron chi connectivity index (χ0n) is 19.5. The number of ether oxygens (including phenoxy) is 1. The number of nitrogens with one attached hydrogen (secondary N) is 1. The first kappa shape index (κ1) is 23.2. The predicted octanol–water partition coefficient (Wildman–Crippen LogP) is 2.83. The third-order valence-electron chi connectivity index (χ3n) is 6.69. The molecule has 3 aromatic rings. The fourth-order valence-electron chi connectivity index (χ4n) is 4.46. The number of hydrogen-bond acceptors (Lipinski definition) is 8. The van der Waals surface area contributed by atoms with Gasteiger partial charge < -0.3 is 10.1 Å². The standard InChI is InChI=1S/C25H25N5O4S/c1-15-7-24(28-11-18(15)8-26)30-13-17(10-29-30)9-27-12-23(35(32,33)19-3-4-19)20-5-6-21-22(16(20)2)14-34-25(21)31/h5-7,10-11,13,19,23,27H,3-4,9,12,14H2,1-2H3/t23-/m0/s1. The van der Waals surface area contributed by atoms with Crippen LogP contribution >= 0.6 is 0 Å². The summed E-state index contributed by atoms with van der Waals surface area (Å²) < 4.78 is 33.5. The summed E-state index contributed by atoms with van der Waals surface area (Å²) in [7, 11) is -3.38. The lowest BCUT2D eigenvalue weighted by Gasteiger charge is -2.21. The van der Waals surface area contributed by atoms with Gasteiger partial charge in [0.25, 0.3) is 0 Å². The molecule has 10 heteroatoms. The van der Waals surface area contributed by atoms with Crippen molar-refractivity contribution in [2.24, 2.45) is 0 Å². The zero-order valence-corrected chi connectivity index (χ0v) is 20.3. The summed E-state index contributed by atoms with van der Waals surface area (Å²) in [4.78, 5) is 16.2. The van der Waals surface area contributed by atoms with Crippen molar-refractivity contribution in [1.82, 2.24) is 20.1 Å². The molecule has 0 bridgehead atoms. The van der Waals surface area contributed by atoms with Gasteiger partial charge in [-0.2, -0.15) is 10.4 Å². The van der Waals surface area contributed by atoms with Crippen LogP contribution in [0.5, 0.6) is 0 Å². The molecule has 1 N–H and O–H groups in total. The second-order valence-electron chi connectivity index (χ2n) is 9.05. The Morgan fingerprint density at radius 1 is 1.29 bits per heavy atom. The summed E-state index contributed by atoms with van der Waals surface area (Å²) in [5.41, 5.74) is 5.02. The van der Waals surface area contributed by atoms with Gasteiger partial charge in [-0.05, 0) is 55.5 Å². The van der Waals surface area contributed by atoms with Gasteiger partial charge >= 0.3 is 5.97 Å². The number of rotatable bonds is 8. The lowest BCUT2D eigenvalue weighted by Crippen LogP contribution is -2.29. The average molecular weight is 492 g/mol. The Hall–Kier alpha value is -3.55. The third kappa shape index (κ3) is 4.33. The number of esters is 1. The maximum absolute atomic E-state index is 13.3. The van der Waals surface area contributed by atoms with Crippen molar-refractivity contribution in [3.63, 3.8) is 0 Å². The second-order valence-corrected chi connectivity index (χ2v) is 11.5. The van der Waals surface area contributed by atoms with E-state index in [1.807, 2.05) is 20.0 Å². The molecule has 1 atom stereocenters. The molecule has 1 fully saturated rings. The van der Waals surface area contributed by atoms with E-state index in [0.29, 0.717) is 36.3 Å². The molecule has 9 nitrogen and oxygen atoms in total. The summed E-state index contributed by atoms with van der Waals surface area (Å²) in [6.45, 7) is 4.56. The zero-order chi connectivity index (χ0) is 24.7. The number of carbonyl (C=O) groups excluding carboxylic acids is 1. The molecule has 35 heavy (non-hydrogen) atoms. The number of fused-ring (bicyclic) bond motifs is 1. The Balaban J connectivity index is 1.34. The van der Waals surface area contributed by atoms with Crippen LogP contribution in [0, 0.1) is 25.2 Å².